The first-order valence-electron chi connectivity index (χ1n) is 5.57. The van der Waals surface area contributed by atoms with Crippen molar-refractivity contribution in [3.8, 4) is 0 Å². The Morgan fingerprint density at radius 2 is 1.69 bits per heavy atom. The Labute approximate surface area is 83.2 Å². The normalized spacial score (nSPS) is 16.2. The number of nitrogens with one attached hydrogen (secondary N) is 1. The standard InChI is InChI=1S/C11H26N2/c1-5-6-10(4)11(13-12)8-7-9(2)3/h9-11,13H,5-8,12H2,1-4H3. The molecule has 0 aromatic carbocycles. The maximum atomic E-state index is 5.54. The van der Waals surface area contributed by atoms with Crippen LogP contribution >= 0.6 is 0 Å². The summed E-state index contributed by atoms with van der Waals surface area (Å²) in [6, 6.07) is 0.502. The summed E-state index contributed by atoms with van der Waals surface area (Å²) in [4.78, 5) is 0. The summed E-state index contributed by atoms with van der Waals surface area (Å²) in [7, 11) is 0. The monoisotopic (exact) mass is 186 g/mol. The van der Waals surface area contributed by atoms with E-state index in [1.807, 2.05) is 0 Å². The fraction of sp³-hybridized carbons (Fsp3) is 1.00. The average molecular weight is 186 g/mol. The molecule has 0 saturated heterocycles. The Morgan fingerprint density at radius 1 is 1.08 bits per heavy atom. The van der Waals surface area contributed by atoms with Gasteiger partial charge in [0.2, 0.25) is 0 Å². The van der Waals surface area contributed by atoms with Gasteiger partial charge in [-0.25, -0.2) is 0 Å². The van der Waals surface area contributed by atoms with Gasteiger partial charge in [0.15, 0.2) is 0 Å². The number of hydrazine groups is 1. The van der Waals surface area contributed by atoms with Crippen LogP contribution in [-0.4, -0.2) is 6.04 Å². The van der Waals surface area contributed by atoms with Crippen molar-refractivity contribution in [1.29, 1.82) is 0 Å². The summed E-state index contributed by atoms with van der Waals surface area (Å²) >= 11 is 0. The molecule has 2 unspecified atom stereocenters. The van der Waals surface area contributed by atoms with Crippen molar-refractivity contribution in [1.82, 2.24) is 5.43 Å². The van der Waals surface area contributed by atoms with Gasteiger partial charge in [-0.3, -0.25) is 11.3 Å². The molecule has 2 heteroatoms. The van der Waals surface area contributed by atoms with Crippen molar-refractivity contribution >= 4 is 0 Å². The molecule has 0 aliphatic carbocycles. The van der Waals surface area contributed by atoms with Crippen molar-refractivity contribution in [2.45, 2.75) is 59.4 Å². The fourth-order valence-corrected chi connectivity index (χ4v) is 1.70. The highest BCUT2D eigenvalue weighted by atomic mass is 15.2. The van der Waals surface area contributed by atoms with Gasteiger partial charge in [-0.15, -0.1) is 0 Å². The summed E-state index contributed by atoms with van der Waals surface area (Å²) in [5, 5.41) is 0. The summed E-state index contributed by atoms with van der Waals surface area (Å²) in [6.07, 6.45) is 4.99. The third-order valence-corrected chi connectivity index (χ3v) is 2.70. The third-order valence-electron chi connectivity index (χ3n) is 2.70. The van der Waals surface area contributed by atoms with Crippen LogP contribution in [-0.2, 0) is 0 Å². The first kappa shape index (κ1) is 12.9. The molecule has 13 heavy (non-hydrogen) atoms. The highest BCUT2D eigenvalue weighted by Gasteiger charge is 2.14. The van der Waals surface area contributed by atoms with Crippen molar-refractivity contribution in [2.75, 3.05) is 0 Å². The largest absolute Gasteiger partial charge is 0.271 e. The van der Waals surface area contributed by atoms with E-state index in [1.165, 1.54) is 25.7 Å². The van der Waals surface area contributed by atoms with E-state index in [2.05, 4.69) is 33.1 Å². The van der Waals surface area contributed by atoms with Gasteiger partial charge >= 0.3 is 0 Å². The lowest BCUT2D eigenvalue weighted by Gasteiger charge is -2.23. The van der Waals surface area contributed by atoms with Crippen LogP contribution in [0.25, 0.3) is 0 Å². The number of hydrogen-bond donors (Lipinski definition) is 2. The molecule has 0 aliphatic rings. The lowest BCUT2D eigenvalue weighted by atomic mass is 9.91. The van der Waals surface area contributed by atoms with Crippen LogP contribution in [0.5, 0.6) is 0 Å². The maximum Gasteiger partial charge on any atom is 0.0236 e. The number of rotatable bonds is 7. The van der Waals surface area contributed by atoms with Crippen molar-refractivity contribution in [3.05, 3.63) is 0 Å². The van der Waals surface area contributed by atoms with Gasteiger partial charge in [-0.05, 0) is 31.1 Å². The van der Waals surface area contributed by atoms with Crippen molar-refractivity contribution in [2.24, 2.45) is 17.7 Å². The quantitative estimate of drug-likeness (QED) is 0.474. The minimum atomic E-state index is 0.502. The van der Waals surface area contributed by atoms with Gasteiger partial charge < -0.3 is 0 Å². The molecule has 0 amide bonds. The zero-order chi connectivity index (χ0) is 10.3. The SMILES string of the molecule is CCCC(C)C(CCC(C)C)NN. The van der Waals surface area contributed by atoms with E-state index in [4.69, 9.17) is 5.84 Å². The van der Waals surface area contributed by atoms with E-state index in [9.17, 15) is 0 Å². The van der Waals surface area contributed by atoms with Crippen LogP contribution in [0.4, 0.5) is 0 Å². The van der Waals surface area contributed by atoms with Crippen LogP contribution < -0.4 is 11.3 Å². The van der Waals surface area contributed by atoms with E-state index in [0.717, 1.165) is 5.92 Å². The highest BCUT2D eigenvalue weighted by Crippen LogP contribution is 2.16. The molecule has 0 rings (SSSR count). The Hall–Kier alpha value is -0.0800. The number of hydrogen-bond acceptors (Lipinski definition) is 2. The van der Waals surface area contributed by atoms with Crippen LogP contribution in [0.3, 0.4) is 0 Å². The molecule has 0 aromatic rings. The maximum absolute atomic E-state index is 5.54. The average Bonchev–Trinajstić information content (AvgIpc) is 2.05. The lowest BCUT2D eigenvalue weighted by molar-refractivity contribution is 0.321. The van der Waals surface area contributed by atoms with E-state index < -0.39 is 0 Å². The molecule has 0 aromatic heterocycles. The Bertz CT molecular complexity index is 113. The Balaban J connectivity index is 3.73. The van der Waals surface area contributed by atoms with E-state index in [0.29, 0.717) is 12.0 Å². The van der Waals surface area contributed by atoms with Gasteiger partial charge in [-0.2, -0.15) is 0 Å². The molecule has 2 nitrogen and oxygen atoms in total. The summed E-state index contributed by atoms with van der Waals surface area (Å²) in [6.45, 7) is 9.04. The minimum absolute atomic E-state index is 0.502. The third kappa shape index (κ3) is 6.05. The van der Waals surface area contributed by atoms with Gasteiger partial charge in [0.1, 0.15) is 0 Å². The lowest BCUT2D eigenvalue weighted by Crippen LogP contribution is -2.40. The second kappa shape index (κ2) is 7.34. The van der Waals surface area contributed by atoms with Gasteiger partial charge in [-0.1, -0.05) is 34.1 Å². The molecule has 0 heterocycles. The molecule has 80 valence electrons. The molecule has 0 radical (unpaired) electrons. The molecular weight excluding hydrogens is 160 g/mol. The van der Waals surface area contributed by atoms with Crippen molar-refractivity contribution in [3.63, 3.8) is 0 Å². The molecule has 0 bridgehead atoms. The minimum Gasteiger partial charge on any atom is -0.271 e. The second-order valence-corrected chi connectivity index (χ2v) is 4.51. The van der Waals surface area contributed by atoms with Gasteiger partial charge in [0, 0.05) is 6.04 Å². The zero-order valence-corrected chi connectivity index (χ0v) is 9.64. The van der Waals surface area contributed by atoms with Gasteiger partial charge in [0.05, 0.1) is 0 Å². The summed E-state index contributed by atoms with van der Waals surface area (Å²) < 4.78 is 0. The van der Waals surface area contributed by atoms with E-state index in [1.54, 1.807) is 0 Å². The molecule has 0 aliphatic heterocycles. The predicted octanol–water partition coefficient (Wildman–Crippen LogP) is 2.69. The van der Waals surface area contributed by atoms with E-state index >= 15 is 0 Å². The summed E-state index contributed by atoms with van der Waals surface area (Å²) in [5.41, 5.74) is 2.94. The first-order chi connectivity index (χ1) is 6.11. The topological polar surface area (TPSA) is 38.0 Å². The van der Waals surface area contributed by atoms with E-state index in [-0.39, 0.29) is 0 Å². The fourth-order valence-electron chi connectivity index (χ4n) is 1.70. The van der Waals surface area contributed by atoms with Crippen LogP contribution in [0.15, 0.2) is 0 Å². The highest BCUT2D eigenvalue weighted by molar-refractivity contribution is 4.71. The Kier molecular flexibility index (Phi) is 7.29. The van der Waals surface area contributed by atoms with Crippen LogP contribution in [0, 0.1) is 11.8 Å². The predicted molar refractivity (Wildman–Crippen MR) is 59.3 cm³/mol. The summed E-state index contributed by atoms with van der Waals surface area (Å²) in [5.74, 6) is 7.02. The zero-order valence-electron chi connectivity index (χ0n) is 9.64. The molecular formula is C11H26N2. The molecule has 0 fully saturated rings. The molecule has 0 spiro atoms. The second-order valence-electron chi connectivity index (χ2n) is 4.51. The van der Waals surface area contributed by atoms with Crippen molar-refractivity contribution < 1.29 is 0 Å². The molecule has 0 saturated carbocycles. The first-order valence-corrected chi connectivity index (χ1v) is 5.57. The Morgan fingerprint density at radius 3 is 2.08 bits per heavy atom. The smallest absolute Gasteiger partial charge is 0.0236 e. The van der Waals surface area contributed by atoms with Crippen LogP contribution in [0.1, 0.15) is 53.4 Å². The molecule has 2 atom stereocenters. The van der Waals surface area contributed by atoms with Crippen LogP contribution in [0.2, 0.25) is 0 Å². The number of nitrogens with two attached hydrogens (primary N) is 1. The van der Waals surface area contributed by atoms with Gasteiger partial charge in [0.25, 0.3) is 0 Å². The molecule has 3 N–H and O–H groups in total.